The molecule has 0 unspecified atom stereocenters. The van der Waals surface area contributed by atoms with Crippen LogP contribution in [0.15, 0.2) is 71.6 Å². The molecule has 1 aliphatic heterocycles. The van der Waals surface area contributed by atoms with Gasteiger partial charge in [-0.15, -0.1) is 0 Å². The lowest BCUT2D eigenvalue weighted by Gasteiger charge is -2.22. The predicted octanol–water partition coefficient (Wildman–Crippen LogP) is 3.54. The van der Waals surface area contributed by atoms with E-state index in [1.54, 1.807) is 18.2 Å². The Kier molecular flexibility index (Phi) is 7.55. The fourth-order valence-corrected chi connectivity index (χ4v) is 5.60. The lowest BCUT2D eigenvalue weighted by molar-refractivity contribution is -0.116. The van der Waals surface area contributed by atoms with Crippen LogP contribution in [0.2, 0.25) is 0 Å². The van der Waals surface area contributed by atoms with Crippen molar-refractivity contribution >= 4 is 43.0 Å². The normalized spacial score (nSPS) is 12.7. The van der Waals surface area contributed by atoms with Crippen LogP contribution in [0.1, 0.15) is 12.8 Å². The SMILES string of the molecule is CS(=O)(=O)N(CCCC(=O)Nc1ccc(S(=O)(=O)Nc2ccc(F)cc2)cc1)c1ccc2c(c1)OCO2. The van der Waals surface area contributed by atoms with Gasteiger partial charge in [0.05, 0.1) is 16.8 Å². The van der Waals surface area contributed by atoms with Crippen molar-refractivity contribution < 1.29 is 35.5 Å². The lowest BCUT2D eigenvalue weighted by Crippen LogP contribution is -2.31. The molecule has 37 heavy (non-hydrogen) atoms. The molecule has 2 N–H and O–H groups in total. The third-order valence-electron chi connectivity index (χ3n) is 5.35. The lowest BCUT2D eigenvalue weighted by atomic mass is 10.2. The molecule has 13 heteroatoms. The Hall–Kier alpha value is -3.84. The summed E-state index contributed by atoms with van der Waals surface area (Å²) in [6.45, 7) is 0.133. The zero-order chi connectivity index (χ0) is 26.6. The van der Waals surface area contributed by atoms with Crippen molar-refractivity contribution in [3.8, 4) is 11.5 Å². The molecule has 4 rings (SSSR count). The number of hydrogen-bond acceptors (Lipinski definition) is 7. The zero-order valence-electron chi connectivity index (χ0n) is 19.7. The topological polar surface area (TPSA) is 131 Å². The average molecular weight is 550 g/mol. The molecule has 0 radical (unpaired) electrons. The molecule has 10 nitrogen and oxygen atoms in total. The smallest absolute Gasteiger partial charge is 0.261 e. The van der Waals surface area contributed by atoms with Crippen molar-refractivity contribution in [3.05, 3.63) is 72.5 Å². The number of carbonyl (C=O) groups excluding carboxylic acids is 1. The first-order chi connectivity index (χ1) is 17.5. The summed E-state index contributed by atoms with van der Waals surface area (Å²) < 4.78 is 76.8. The monoisotopic (exact) mass is 549 g/mol. The number of rotatable bonds is 10. The van der Waals surface area contributed by atoms with Gasteiger partial charge in [0.15, 0.2) is 11.5 Å². The third kappa shape index (κ3) is 6.68. The molecule has 1 aliphatic rings. The van der Waals surface area contributed by atoms with Gasteiger partial charge in [0, 0.05) is 30.4 Å². The number of benzene rings is 3. The molecule has 0 atom stereocenters. The second-order valence-corrected chi connectivity index (χ2v) is 11.8. The minimum Gasteiger partial charge on any atom is -0.454 e. The molecule has 0 saturated carbocycles. The summed E-state index contributed by atoms with van der Waals surface area (Å²) in [7, 11) is -7.52. The molecule has 0 bridgehead atoms. The van der Waals surface area contributed by atoms with Crippen LogP contribution < -0.4 is 23.8 Å². The second-order valence-electron chi connectivity index (χ2n) is 8.16. The van der Waals surface area contributed by atoms with Gasteiger partial charge in [-0.3, -0.25) is 13.8 Å². The molecular weight excluding hydrogens is 525 g/mol. The number of anilines is 3. The first-order valence-corrected chi connectivity index (χ1v) is 14.4. The fraction of sp³-hybridized carbons (Fsp3) is 0.208. The number of halogens is 1. The summed E-state index contributed by atoms with van der Waals surface area (Å²) in [5.41, 5.74) is 0.988. The van der Waals surface area contributed by atoms with Gasteiger partial charge < -0.3 is 14.8 Å². The standard InChI is InChI=1S/C24H24FN3O7S2/c1-36(30,31)28(20-10-13-22-23(15-20)35-16-34-22)14-2-3-24(29)26-18-8-11-21(12-9-18)37(32,33)27-19-6-4-17(25)5-7-19/h4-13,15,27H,2-3,14,16H2,1H3,(H,26,29). The number of fused-ring (bicyclic) bond motifs is 1. The molecule has 0 fully saturated rings. The van der Waals surface area contributed by atoms with Crippen LogP contribution in [0.5, 0.6) is 11.5 Å². The Morgan fingerprint density at radius 1 is 0.919 bits per heavy atom. The maximum atomic E-state index is 13.0. The fourth-order valence-electron chi connectivity index (χ4n) is 3.58. The van der Waals surface area contributed by atoms with E-state index >= 15 is 0 Å². The van der Waals surface area contributed by atoms with E-state index in [1.165, 1.54) is 40.7 Å². The summed E-state index contributed by atoms with van der Waals surface area (Å²) in [5, 5.41) is 2.66. The molecule has 0 aromatic heterocycles. The van der Waals surface area contributed by atoms with Crippen molar-refractivity contribution in [2.75, 3.05) is 33.9 Å². The maximum absolute atomic E-state index is 13.0. The van der Waals surface area contributed by atoms with Gasteiger partial charge in [-0.1, -0.05) is 0 Å². The Balaban J connectivity index is 1.32. The second kappa shape index (κ2) is 10.6. The molecule has 0 spiro atoms. The van der Waals surface area contributed by atoms with Crippen LogP contribution in [0.4, 0.5) is 21.5 Å². The number of carbonyl (C=O) groups is 1. The van der Waals surface area contributed by atoms with Crippen LogP contribution in [-0.4, -0.2) is 42.3 Å². The van der Waals surface area contributed by atoms with Crippen molar-refractivity contribution in [1.29, 1.82) is 0 Å². The van der Waals surface area contributed by atoms with Gasteiger partial charge in [-0.25, -0.2) is 21.2 Å². The summed E-state index contributed by atoms with van der Waals surface area (Å²) in [6, 6.07) is 15.2. The van der Waals surface area contributed by atoms with Crippen LogP contribution in [0.25, 0.3) is 0 Å². The van der Waals surface area contributed by atoms with Gasteiger partial charge in [0.2, 0.25) is 22.7 Å². The van der Waals surface area contributed by atoms with E-state index in [2.05, 4.69) is 10.0 Å². The molecule has 1 heterocycles. The van der Waals surface area contributed by atoms with E-state index in [4.69, 9.17) is 9.47 Å². The highest BCUT2D eigenvalue weighted by molar-refractivity contribution is 7.92. The van der Waals surface area contributed by atoms with Gasteiger partial charge in [0.25, 0.3) is 10.0 Å². The van der Waals surface area contributed by atoms with Crippen LogP contribution in [0, 0.1) is 5.82 Å². The third-order valence-corrected chi connectivity index (χ3v) is 7.95. The van der Waals surface area contributed by atoms with E-state index in [9.17, 15) is 26.0 Å². The number of hydrogen-bond donors (Lipinski definition) is 2. The van der Waals surface area contributed by atoms with Crippen LogP contribution in [-0.2, 0) is 24.8 Å². The van der Waals surface area contributed by atoms with Crippen molar-refractivity contribution in [2.45, 2.75) is 17.7 Å². The van der Waals surface area contributed by atoms with E-state index in [0.29, 0.717) is 22.9 Å². The number of amides is 1. The summed E-state index contributed by atoms with van der Waals surface area (Å²) in [5.74, 6) is 0.128. The molecule has 196 valence electrons. The summed E-state index contributed by atoms with van der Waals surface area (Å²) in [6.07, 6.45) is 1.35. The molecule has 1 amide bonds. The van der Waals surface area contributed by atoms with Crippen molar-refractivity contribution in [2.24, 2.45) is 0 Å². The van der Waals surface area contributed by atoms with Crippen molar-refractivity contribution in [1.82, 2.24) is 0 Å². The molecule has 3 aromatic rings. The number of nitrogens with zero attached hydrogens (tertiary/aromatic N) is 1. The van der Waals surface area contributed by atoms with E-state index in [0.717, 1.165) is 18.4 Å². The Bertz CT molecular complexity index is 1490. The maximum Gasteiger partial charge on any atom is 0.261 e. The van der Waals surface area contributed by atoms with Gasteiger partial charge >= 0.3 is 0 Å². The highest BCUT2D eigenvalue weighted by Crippen LogP contribution is 2.36. The molecule has 3 aromatic carbocycles. The Morgan fingerprint density at radius 3 is 2.24 bits per heavy atom. The van der Waals surface area contributed by atoms with Crippen molar-refractivity contribution in [3.63, 3.8) is 0 Å². The predicted molar refractivity (Wildman–Crippen MR) is 136 cm³/mol. The van der Waals surface area contributed by atoms with E-state index in [1.807, 2.05) is 0 Å². The Labute approximate surface area is 214 Å². The Morgan fingerprint density at radius 2 is 1.57 bits per heavy atom. The molecular formula is C24H24FN3O7S2. The average Bonchev–Trinajstić information content (AvgIpc) is 3.31. The van der Waals surface area contributed by atoms with Crippen LogP contribution >= 0.6 is 0 Å². The summed E-state index contributed by atoms with van der Waals surface area (Å²) in [4.78, 5) is 12.4. The molecule has 0 aliphatic carbocycles. The van der Waals surface area contributed by atoms with E-state index < -0.39 is 25.9 Å². The minimum atomic E-state index is -3.90. The minimum absolute atomic E-state index is 0.0305. The largest absolute Gasteiger partial charge is 0.454 e. The van der Waals surface area contributed by atoms with Gasteiger partial charge in [0.1, 0.15) is 5.82 Å². The summed E-state index contributed by atoms with van der Waals surface area (Å²) >= 11 is 0. The number of sulfonamides is 2. The first kappa shape index (κ1) is 26.2. The highest BCUT2D eigenvalue weighted by atomic mass is 32.2. The van der Waals surface area contributed by atoms with Gasteiger partial charge in [-0.2, -0.15) is 0 Å². The highest BCUT2D eigenvalue weighted by Gasteiger charge is 2.22. The molecule has 0 saturated heterocycles. The van der Waals surface area contributed by atoms with Crippen LogP contribution in [0.3, 0.4) is 0 Å². The van der Waals surface area contributed by atoms with E-state index in [-0.39, 0.29) is 42.7 Å². The quantitative estimate of drug-likeness (QED) is 0.396. The number of ether oxygens (including phenoxy) is 2. The zero-order valence-corrected chi connectivity index (χ0v) is 21.3. The number of nitrogens with one attached hydrogen (secondary N) is 2. The van der Waals surface area contributed by atoms with Gasteiger partial charge in [-0.05, 0) is 67.1 Å². The first-order valence-electron chi connectivity index (χ1n) is 11.1.